The van der Waals surface area contributed by atoms with Crippen molar-refractivity contribution in [3.05, 3.63) is 23.2 Å². The molecule has 3 N–H and O–H groups in total. The van der Waals surface area contributed by atoms with Crippen molar-refractivity contribution >= 4 is 33.1 Å². The molecule has 0 radical (unpaired) electrons. The maximum absolute atomic E-state index is 12.3. The average Bonchev–Trinajstić information content (AvgIpc) is 2.74. The van der Waals surface area contributed by atoms with E-state index in [-0.39, 0.29) is 11.4 Å². The summed E-state index contributed by atoms with van der Waals surface area (Å²) in [4.78, 5) is 19.9. The van der Waals surface area contributed by atoms with E-state index in [2.05, 4.69) is 29.0 Å². The van der Waals surface area contributed by atoms with Crippen LogP contribution in [0, 0.1) is 0 Å². The van der Waals surface area contributed by atoms with Gasteiger partial charge < -0.3 is 16.0 Å². The van der Waals surface area contributed by atoms with E-state index in [0.717, 1.165) is 10.2 Å². The van der Waals surface area contributed by atoms with Crippen LogP contribution in [0.15, 0.2) is 18.3 Å². The molecule has 6 heteroatoms. The van der Waals surface area contributed by atoms with Crippen molar-refractivity contribution in [2.75, 3.05) is 26.4 Å². The van der Waals surface area contributed by atoms with Crippen molar-refractivity contribution in [1.82, 2.24) is 15.2 Å². The van der Waals surface area contributed by atoms with E-state index in [1.54, 1.807) is 6.20 Å². The Morgan fingerprint density at radius 3 is 2.80 bits per heavy atom. The first-order valence-electron chi connectivity index (χ1n) is 6.41. The van der Waals surface area contributed by atoms with E-state index < -0.39 is 0 Å². The lowest BCUT2D eigenvalue weighted by Crippen LogP contribution is -2.48. The van der Waals surface area contributed by atoms with Gasteiger partial charge in [-0.2, -0.15) is 0 Å². The molecule has 20 heavy (non-hydrogen) atoms. The maximum Gasteiger partial charge on any atom is 0.263 e. The van der Waals surface area contributed by atoms with Crippen LogP contribution in [0.4, 0.5) is 5.69 Å². The second-order valence-electron chi connectivity index (χ2n) is 5.59. The van der Waals surface area contributed by atoms with Crippen molar-refractivity contribution in [3.8, 4) is 0 Å². The van der Waals surface area contributed by atoms with Crippen LogP contribution in [-0.4, -0.2) is 42.0 Å². The molecule has 0 bridgehead atoms. The van der Waals surface area contributed by atoms with Crippen LogP contribution < -0.4 is 11.1 Å². The summed E-state index contributed by atoms with van der Waals surface area (Å²) in [5.74, 6) is -0.138. The first-order chi connectivity index (χ1) is 9.33. The largest absolute Gasteiger partial charge is 0.397 e. The van der Waals surface area contributed by atoms with Crippen molar-refractivity contribution in [3.63, 3.8) is 0 Å². The van der Waals surface area contributed by atoms with Crippen molar-refractivity contribution in [1.29, 1.82) is 0 Å². The summed E-state index contributed by atoms with van der Waals surface area (Å²) in [6, 6.07) is 3.71. The third-order valence-electron chi connectivity index (χ3n) is 3.60. The number of carbonyl (C=O) groups is 1. The molecule has 0 aliphatic heterocycles. The number of nitrogens with two attached hydrogens (primary N) is 1. The molecule has 0 saturated carbocycles. The highest BCUT2D eigenvalue weighted by Gasteiger charge is 2.23. The van der Waals surface area contributed by atoms with Gasteiger partial charge in [0.15, 0.2) is 0 Å². The minimum absolute atomic E-state index is 0.112. The molecule has 0 aromatic carbocycles. The highest BCUT2D eigenvalue weighted by molar-refractivity contribution is 7.21. The van der Waals surface area contributed by atoms with Crippen LogP contribution in [-0.2, 0) is 0 Å². The van der Waals surface area contributed by atoms with E-state index in [1.165, 1.54) is 11.3 Å². The fourth-order valence-electron chi connectivity index (χ4n) is 1.65. The lowest BCUT2D eigenvalue weighted by atomic mass is 10.0. The summed E-state index contributed by atoms with van der Waals surface area (Å²) < 4.78 is 0. The molecule has 0 spiro atoms. The summed E-state index contributed by atoms with van der Waals surface area (Å²) in [6.07, 6.45) is 1.70. The molecule has 0 unspecified atom stereocenters. The minimum Gasteiger partial charge on any atom is -0.397 e. The number of nitrogens with one attached hydrogen (secondary N) is 1. The Balaban J connectivity index is 2.18. The molecule has 2 aromatic heterocycles. The predicted octanol–water partition coefficient (Wildman–Crippen LogP) is 1.95. The van der Waals surface area contributed by atoms with E-state index in [1.807, 2.05) is 26.2 Å². The van der Waals surface area contributed by atoms with E-state index >= 15 is 0 Å². The number of fused-ring (bicyclic) bond motifs is 1. The number of aromatic nitrogens is 1. The SMILES string of the molecule is CN(C)C(C)(C)CNC(=O)c1sc2ncccc2c1N. The molecule has 2 aromatic rings. The van der Waals surface area contributed by atoms with Gasteiger partial charge in [0.1, 0.15) is 9.71 Å². The molecule has 2 heterocycles. The van der Waals surface area contributed by atoms with E-state index in [4.69, 9.17) is 5.73 Å². The van der Waals surface area contributed by atoms with Crippen molar-refractivity contribution in [2.45, 2.75) is 19.4 Å². The molecular weight excluding hydrogens is 272 g/mol. The van der Waals surface area contributed by atoms with Crippen LogP contribution >= 0.6 is 11.3 Å². The van der Waals surface area contributed by atoms with Gasteiger partial charge in [0.25, 0.3) is 5.91 Å². The van der Waals surface area contributed by atoms with E-state index in [9.17, 15) is 4.79 Å². The maximum atomic E-state index is 12.3. The number of thiophene rings is 1. The summed E-state index contributed by atoms with van der Waals surface area (Å²) in [5, 5.41) is 3.79. The van der Waals surface area contributed by atoms with Gasteiger partial charge in [0, 0.05) is 23.7 Å². The van der Waals surface area contributed by atoms with Gasteiger partial charge in [0.2, 0.25) is 0 Å². The average molecular weight is 292 g/mol. The number of pyridine rings is 1. The normalized spacial score (nSPS) is 12.1. The number of carbonyl (C=O) groups excluding carboxylic acids is 1. The number of hydrogen-bond acceptors (Lipinski definition) is 5. The number of amides is 1. The van der Waals surface area contributed by atoms with Gasteiger partial charge in [-0.05, 0) is 40.1 Å². The Bertz CT molecular complexity index is 633. The highest BCUT2D eigenvalue weighted by atomic mass is 32.1. The van der Waals surface area contributed by atoms with Crippen LogP contribution in [0.1, 0.15) is 23.5 Å². The Labute approximate surface area is 122 Å². The fraction of sp³-hybridized carbons (Fsp3) is 0.429. The molecule has 0 fully saturated rings. The summed E-state index contributed by atoms with van der Waals surface area (Å²) >= 11 is 1.33. The molecule has 2 rings (SSSR count). The van der Waals surface area contributed by atoms with Crippen molar-refractivity contribution in [2.24, 2.45) is 0 Å². The van der Waals surface area contributed by atoms with Crippen LogP contribution in [0.2, 0.25) is 0 Å². The van der Waals surface area contributed by atoms with Crippen LogP contribution in [0.3, 0.4) is 0 Å². The van der Waals surface area contributed by atoms with Crippen LogP contribution in [0.25, 0.3) is 10.2 Å². The van der Waals surface area contributed by atoms with Crippen molar-refractivity contribution < 1.29 is 4.79 Å². The molecule has 0 aliphatic rings. The van der Waals surface area contributed by atoms with Gasteiger partial charge in [-0.3, -0.25) is 4.79 Å². The molecule has 108 valence electrons. The Morgan fingerprint density at radius 1 is 1.50 bits per heavy atom. The Morgan fingerprint density at radius 2 is 2.20 bits per heavy atom. The van der Waals surface area contributed by atoms with Gasteiger partial charge >= 0.3 is 0 Å². The summed E-state index contributed by atoms with van der Waals surface area (Å²) in [5.41, 5.74) is 6.44. The smallest absolute Gasteiger partial charge is 0.263 e. The monoisotopic (exact) mass is 292 g/mol. The molecule has 0 atom stereocenters. The van der Waals surface area contributed by atoms with Gasteiger partial charge in [-0.15, -0.1) is 11.3 Å². The first kappa shape index (κ1) is 14.7. The number of anilines is 1. The van der Waals surface area contributed by atoms with Gasteiger partial charge in [0.05, 0.1) is 5.69 Å². The number of likely N-dealkylation sites (N-methyl/N-ethyl adjacent to an activating group) is 1. The predicted molar refractivity (Wildman–Crippen MR) is 84.1 cm³/mol. The second kappa shape index (κ2) is 5.38. The standard InChI is InChI=1S/C14H20N4OS/c1-14(2,18(3)4)8-17-12(19)11-10(15)9-6-5-7-16-13(9)20-11/h5-7H,8,15H2,1-4H3,(H,17,19). The molecular formula is C14H20N4OS. The lowest BCUT2D eigenvalue weighted by molar-refractivity contribution is 0.0924. The number of nitrogens with zero attached hydrogens (tertiary/aromatic N) is 2. The zero-order chi connectivity index (χ0) is 14.9. The molecule has 0 saturated heterocycles. The topological polar surface area (TPSA) is 71.2 Å². The highest BCUT2D eigenvalue weighted by Crippen LogP contribution is 2.31. The Hall–Kier alpha value is -1.66. The first-order valence-corrected chi connectivity index (χ1v) is 7.23. The summed E-state index contributed by atoms with van der Waals surface area (Å²) in [7, 11) is 3.98. The molecule has 5 nitrogen and oxygen atoms in total. The number of hydrogen-bond donors (Lipinski definition) is 2. The van der Waals surface area contributed by atoms with Gasteiger partial charge in [-0.1, -0.05) is 0 Å². The summed E-state index contributed by atoms with van der Waals surface area (Å²) in [6.45, 7) is 4.70. The van der Waals surface area contributed by atoms with E-state index in [0.29, 0.717) is 17.1 Å². The van der Waals surface area contributed by atoms with Crippen LogP contribution in [0.5, 0.6) is 0 Å². The third kappa shape index (κ3) is 2.76. The quantitative estimate of drug-likeness (QED) is 0.903. The second-order valence-corrected chi connectivity index (χ2v) is 6.59. The molecule has 0 aliphatic carbocycles. The fourth-order valence-corrected chi connectivity index (χ4v) is 2.63. The van der Waals surface area contributed by atoms with Gasteiger partial charge in [-0.25, -0.2) is 4.98 Å². The zero-order valence-electron chi connectivity index (χ0n) is 12.2. The lowest BCUT2D eigenvalue weighted by Gasteiger charge is -2.32. The molecule has 1 amide bonds. The number of nitrogen functional groups attached to an aromatic ring is 1. The number of rotatable bonds is 4. The zero-order valence-corrected chi connectivity index (χ0v) is 13.0. The minimum atomic E-state index is -0.138. The third-order valence-corrected chi connectivity index (χ3v) is 4.73. The Kier molecular flexibility index (Phi) is 3.96.